The molecule has 4 heteroatoms. The summed E-state index contributed by atoms with van der Waals surface area (Å²) in [5.41, 5.74) is 0. The molecule has 0 aromatic rings. The minimum Gasteiger partial charge on any atom is -0.353 e. The molecular formula is C11H23ClN2O. The largest absolute Gasteiger partial charge is 0.353 e. The normalized spacial score (nSPS) is 13.3. The second-order valence-corrected chi connectivity index (χ2v) is 4.31. The van der Waals surface area contributed by atoms with Gasteiger partial charge in [-0.2, -0.15) is 0 Å². The van der Waals surface area contributed by atoms with E-state index in [1.807, 2.05) is 0 Å². The quantitative estimate of drug-likeness (QED) is 0.681. The summed E-state index contributed by atoms with van der Waals surface area (Å²) in [4.78, 5) is 13.2. The van der Waals surface area contributed by atoms with Crippen LogP contribution in [-0.4, -0.2) is 43.4 Å². The summed E-state index contributed by atoms with van der Waals surface area (Å²) in [6.07, 6.45) is 2.27. The highest BCUT2D eigenvalue weighted by atomic mass is 35.5. The molecule has 0 bridgehead atoms. The van der Waals surface area contributed by atoms with Gasteiger partial charge in [0, 0.05) is 12.6 Å². The van der Waals surface area contributed by atoms with Crippen LogP contribution in [0.1, 0.15) is 26.7 Å². The monoisotopic (exact) mass is 234 g/mol. The van der Waals surface area contributed by atoms with Crippen LogP contribution in [0.4, 0.5) is 0 Å². The molecule has 0 saturated carbocycles. The lowest BCUT2D eigenvalue weighted by Gasteiger charge is -2.31. The van der Waals surface area contributed by atoms with Gasteiger partial charge < -0.3 is 10.2 Å². The minimum absolute atomic E-state index is 0.0447. The van der Waals surface area contributed by atoms with Gasteiger partial charge in [0.05, 0.1) is 0 Å². The van der Waals surface area contributed by atoms with Crippen molar-refractivity contribution in [3.63, 3.8) is 0 Å². The van der Waals surface area contributed by atoms with E-state index in [0.29, 0.717) is 18.5 Å². The maximum atomic E-state index is 11.1. The number of hydrogen-bond donors (Lipinski definition) is 1. The predicted molar refractivity (Wildman–Crippen MR) is 65.3 cm³/mol. The number of halogens is 1. The molecule has 0 aliphatic rings. The van der Waals surface area contributed by atoms with Crippen molar-refractivity contribution in [1.29, 1.82) is 0 Å². The molecule has 3 nitrogen and oxygen atoms in total. The highest BCUT2D eigenvalue weighted by Gasteiger charge is 2.20. The third kappa shape index (κ3) is 5.38. The van der Waals surface area contributed by atoms with Gasteiger partial charge in [0.25, 0.3) is 0 Å². The Balaban J connectivity index is 4.20. The van der Waals surface area contributed by atoms with Crippen molar-refractivity contribution < 1.29 is 4.79 Å². The Morgan fingerprint density at radius 2 is 1.87 bits per heavy atom. The summed E-state index contributed by atoms with van der Waals surface area (Å²) in [5, 5.41) is 2.85. The molecule has 0 heterocycles. The van der Waals surface area contributed by atoms with E-state index in [4.69, 9.17) is 11.6 Å². The molecular weight excluding hydrogens is 212 g/mol. The van der Waals surface area contributed by atoms with Gasteiger partial charge in [-0.1, -0.05) is 26.7 Å². The summed E-state index contributed by atoms with van der Waals surface area (Å²) in [5.74, 6) is 0.577. The Kier molecular flexibility index (Phi) is 7.79. The molecule has 0 aromatic carbocycles. The van der Waals surface area contributed by atoms with E-state index in [2.05, 4.69) is 38.2 Å². The van der Waals surface area contributed by atoms with Gasteiger partial charge in [-0.05, 0) is 20.0 Å². The first-order valence-electron chi connectivity index (χ1n) is 5.55. The van der Waals surface area contributed by atoms with Crippen LogP contribution in [0.25, 0.3) is 0 Å². The molecule has 15 heavy (non-hydrogen) atoms. The lowest BCUT2D eigenvalue weighted by atomic mass is 9.93. The number of alkyl halides is 1. The van der Waals surface area contributed by atoms with Crippen LogP contribution in [-0.2, 0) is 4.79 Å². The van der Waals surface area contributed by atoms with Gasteiger partial charge in [-0.3, -0.25) is 4.79 Å². The molecule has 1 amide bonds. The molecule has 0 aromatic heterocycles. The van der Waals surface area contributed by atoms with Crippen molar-refractivity contribution in [2.24, 2.45) is 5.92 Å². The number of nitrogens with zero attached hydrogens (tertiary/aromatic N) is 1. The molecule has 90 valence electrons. The standard InChI is InChI=1S/C11H23ClN2O/c1-5-9(6-2)10(14(3)4)8-13-11(15)7-12/h9-10H,5-8H2,1-4H3,(H,13,15). The average Bonchev–Trinajstić information content (AvgIpc) is 2.23. The van der Waals surface area contributed by atoms with Crippen LogP contribution in [0, 0.1) is 5.92 Å². The van der Waals surface area contributed by atoms with Gasteiger partial charge in [0.15, 0.2) is 0 Å². The van der Waals surface area contributed by atoms with Crippen LogP contribution in [0.5, 0.6) is 0 Å². The highest BCUT2D eigenvalue weighted by Crippen LogP contribution is 2.16. The van der Waals surface area contributed by atoms with Crippen molar-refractivity contribution >= 4 is 17.5 Å². The summed E-state index contributed by atoms with van der Waals surface area (Å²) < 4.78 is 0. The molecule has 0 rings (SSSR count). The molecule has 0 aliphatic heterocycles. The second-order valence-electron chi connectivity index (χ2n) is 4.05. The van der Waals surface area contributed by atoms with Crippen LogP contribution < -0.4 is 5.32 Å². The topological polar surface area (TPSA) is 32.3 Å². The van der Waals surface area contributed by atoms with Crippen molar-refractivity contribution in [2.45, 2.75) is 32.7 Å². The van der Waals surface area contributed by atoms with Gasteiger partial charge in [0.2, 0.25) is 5.91 Å². The Labute approximate surface area is 98.2 Å². The third-order valence-corrected chi connectivity index (χ3v) is 3.13. The van der Waals surface area contributed by atoms with Crippen molar-refractivity contribution in [3.8, 4) is 0 Å². The SMILES string of the molecule is CCC(CC)C(CNC(=O)CCl)N(C)C. The van der Waals surface area contributed by atoms with Crippen LogP contribution in [0.3, 0.4) is 0 Å². The third-order valence-electron chi connectivity index (χ3n) is 2.89. The highest BCUT2D eigenvalue weighted by molar-refractivity contribution is 6.27. The predicted octanol–water partition coefficient (Wildman–Crippen LogP) is 1.71. The number of carbonyl (C=O) groups is 1. The fraction of sp³-hybridized carbons (Fsp3) is 0.909. The fourth-order valence-electron chi connectivity index (χ4n) is 1.87. The zero-order chi connectivity index (χ0) is 11.8. The van der Waals surface area contributed by atoms with Crippen LogP contribution >= 0.6 is 11.6 Å². The number of amides is 1. The van der Waals surface area contributed by atoms with Gasteiger partial charge in [0.1, 0.15) is 5.88 Å². The smallest absolute Gasteiger partial charge is 0.234 e. The summed E-state index contributed by atoms with van der Waals surface area (Å²) >= 11 is 5.44. The number of likely N-dealkylation sites (N-methyl/N-ethyl adjacent to an activating group) is 1. The number of rotatable bonds is 7. The van der Waals surface area contributed by atoms with Crippen molar-refractivity contribution in [3.05, 3.63) is 0 Å². The zero-order valence-electron chi connectivity index (χ0n) is 10.2. The van der Waals surface area contributed by atoms with E-state index in [1.165, 1.54) is 0 Å². The molecule has 1 atom stereocenters. The average molecular weight is 235 g/mol. The van der Waals surface area contributed by atoms with E-state index in [0.717, 1.165) is 12.8 Å². The first-order chi connectivity index (χ1) is 7.06. The number of hydrogen-bond acceptors (Lipinski definition) is 2. The Morgan fingerprint density at radius 3 is 2.20 bits per heavy atom. The van der Waals surface area contributed by atoms with E-state index in [-0.39, 0.29) is 11.8 Å². The van der Waals surface area contributed by atoms with Gasteiger partial charge in [-0.25, -0.2) is 0 Å². The lowest BCUT2D eigenvalue weighted by molar-refractivity contribution is -0.119. The number of nitrogens with one attached hydrogen (secondary N) is 1. The molecule has 0 aliphatic carbocycles. The molecule has 1 N–H and O–H groups in total. The maximum Gasteiger partial charge on any atom is 0.234 e. The fourth-order valence-corrected chi connectivity index (χ4v) is 1.96. The van der Waals surface area contributed by atoms with Gasteiger partial charge in [-0.15, -0.1) is 11.6 Å². The molecule has 0 fully saturated rings. The number of carbonyl (C=O) groups excluding carboxylic acids is 1. The van der Waals surface area contributed by atoms with Crippen LogP contribution in [0.15, 0.2) is 0 Å². The van der Waals surface area contributed by atoms with Gasteiger partial charge >= 0.3 is 0 Å². The van der Waals surface area contributed by atoms with E-state index in [9.17, 15) is 4.79 Å². The summed E-state index contributed by atoms with van der Waals surface area (Å²) in [7, 11) is 4.10. The van der Waals surface area contributed by atoms with E-state index < -0.39 is 0 Å². The van der Waals surface area contributed by atoms with E-state index >= 15 is 0 Å². The molecule has 0 radical (unpaired) electrons. The Bertz CT molecular complexity index is 181. The Hall–Kier alpha value is -0.280. The first kappa shape index (κ1) is 14.7. The van der Waals surface area contributed by atoms with Crippen molar-refractivity contribution in [2.75, 3.05) is 26.5 Å². The lowest BCUT2D eigenvalue weighted by Crippen LogP contribution is -2.44. The maximum absolute atomic E-state index is 11.1. The Morgan fingerprint density at radius 1 is 1.33 bits per heavy atom. The molecule has 0 saturated heterocycles. The molecule has 0 spiro atoms. The summed E-state index contributed by atoms with van der Waals surface area (Å²) in [6, 6.07) is 0.396. The van der Waals surface area contributed by atoms with Crippen molar-refractivity contribution in [1.82, 2.24) is 10.2 Å². The first-order valence-corrected chi connectivity index (χ1v) is 6.09. The zero-order valence-corrected chi connectivity index (χ0v) is 11.0. The minimum atomic E-state index is -0.0885. The van der Waals surface area contributed by atoms with Crippen LogP contribution in [0.2, 0.25) is 0 Å². The summed E-state index contributed by atoms with van der Waals surface area (Å²) in [6.45, 7) is 5.06. The second kappa shape index (κ2) is 7.94. The molecule has 1 unspecified atom stereocenters. The van der Waals surface area contributed by atoms with E-state index in [1.54, 1.807) is 0 Å².